The zero-order chi connectivity index (χ0) is 14.1. The van der Waals surface area contributed by atoms with Crippen molar-refractivity contribution < 1.29 is 4.52 Å². The van der Waals surface area contributed by atoms with Crippen molar-refractivity contribution >= 4 is 21.7 Å². The molecule has 0 saturated heterocycles. The van der Waals surface area contributed by atoms with Crippen LogP contribution in [0.1, 0.15) is 5.69 Å². The number of halogens is 1. The zero-order valence-corrected chi connectivity index (χ0v) is 12.4. The van der Waals surface area contributed by atoms with Gasteiger partial charge in [0, 0.05) is 21.9 Å². The largest absolute Gasteiger partial charge is 0.380 e. The highest BCUT2D eigenvalue weighted by atomic mass is 79.9. The van der Waals surface area contributed by atoms with Crippen LogP contribution in [-0.2, 0) is 0 Å². The van der Waals surface area contributed by atoms with Gasteiger partial charge in [-0.3, -0.25) is 4.98 Å². The second-order valence-electron chi connectivity index (χ2n) is 4.47. The van der Waals surface area contributed by atoms with Gasteiger partial charge in [0.05, 0.1) is 5.56 Å². The van der Waals surface area contributed by atoms with Gasteiger partial charge in [0.15, 0.2) is 11.6 Å². The summed E-state index contributed by atoms with van der Waals surface area (Å²) in [5, 5.41) is 3.90. The maximum Gasteiger partial charge on any atom is 0.177 e. The van der Waals surface area contributed by atoms with Gasteiger partial charge in [0.2, 0.25) is 0 Å². The van der Waals surface area contributed by atoms with E-state index in [1.54, 1.807) is 6.20 Å². The molecule has 0 radical (unpaired) electrons. The van der Waals surface area contributed by atoms with Crippen molar-refractivity contribution in [2.75, 3.05) is 5.73 Å². The number of aromatic nitrogens is 2. The molecule has 0 fully saturated rings. The van der Waals surface area contributed by atoms with Gasteiger partial charge in [0.1, 0.15) is 0 Å². The van der Waals surface area contributed by atoms with Crippen molar-refractivity contribution in [1.29, 1.82) is 0 Å². The van der Waals surface area contributed by atoms with E-state index >= 15 is 0 Å². The van der Waals surface area contributed by atoms with Crippen LogP contribution in [-0.4, -0.2) is 10.1 Å². The maximum atomic E-state index is 5.96. The molecule has 2 N–H and O–H groups in total. The van der Waals surface area contributed by atoms with E-state index < -0.39 is 0 Å². The van der Waals surface area contributed by atoms with E-state index in [0.29, 0.717) is 11.6 Å². The molecule has 0 atom stereocenters. The van der Waals surface area contributed by atoms with E-state index in [-0.39, 0.29) is 0 Å². The van der Waals surface area contributed by atoms with E-state index in [2.05, 4.69) is 26.1 Å². The summed E-state index contributed by atoms with van der Waals surface area (Å²) in [4.78, 5) is 4.19. The van der Waals surface area contributed by atoms with Gasteiger partial charge in [-0.15, -0.1) is 0 Å². The predicted octanol–water partition coefficient (Wildman–Crippen LogP) is 4.06. The number of anilines is 1. The van der Waals surface area contributed by atoms with Crippen LogP contribution in [0.2, 0.25) is 0 Å². The molecule has 0 bridgehead atoms. The normalized spacial score (nSPS) is 10.7. The Kier molecular flexibility index (Phi) is 3.28. The SMILES string of the molecule is Cc1cc(-c2onc(N)c2-c2cccc(Br)c2)ccn1. The fourth-order valence-corrected chi connectivity index (χ4v) is 2.51. The van der Waals surface area contributed by atoms with Crippen LogP contribution in [0.5, 0.6) is 0 Å². The van der Waals surface area contributed by atoms with Crippen LogP contribution in [0.4, 0.5) is 5.82 Å². The Bertz CT molecular complexity index is 767. The lowest BCUT2D eigenvalue weighted by atomic mass is 10.0. The molecular weight excluding hydrogens is 318 g/mol. The van der Waals surface area contributed by atoms with Crippen LogP contribution >= 0.6 is 15.9 Å². The second kappa shape index (κ2) is 5.09. The molecule has 1 aromatic carbocycles. The Morgan fingerprint density at radius 3 is 2.75 bits per heavy atom. The van der Waals surface area contributed by atoms with Crippen molar-refractivity contribution in [3.63, 3.8) is 0 Å². The van der Waals surface area contributed by atoms with Crippen molar-refractivity contribution in [2.24, 2.45) is 0 Å². The molecule has 3 aromatic rings. The van der Waals surface area contributed by atoms with Gasteiger partial charge in [-0.1, -0.05) is 33.2 Å². The Morgan fingerprint density at radius 2 is 2.00 bits per heavy atom. The molecule has 0 spiro atoms. The molecular formula is C15H12BrN3O. The number of hydrogen-bond acceptors (Lipinski definition) is 4. The van der Waals surface area contributed by atoms with Crippen LogP contribution in [0.3, 0.4) is 0 Å². The summed E-state index contributed by atoms with van der Waals surface area (Å²) in [6.45, 7) is 1.93. The van der Waals surface area contributed by atoms with Gasteiger partial charge in [-0.2, -0.15) is 0 Å². The summed E-state index contributed by atoms with van der Waals surface area (Å²) < 4.78 is 6.39. The van der Waals surface area contributed by atoms with Crippen LogP contribution in [0, 0.1) is 6.92 Å². The molecule has 20 heavy (non-hydrogen) atoms. The molecule has 2 heterocycles. The van der Waals surface area contributed by atoms with Crippen molar-refractivity contribution in [2.45, 2.75) is 6.92 Å². The first-order chi connectivity index (χ1) is 9.65. The van der Waals surface area contributed by atoms with E-state index in [1.807, 2.05) is 43.3 Å². The number of aryl methyl sites for hydroxylation is 1. The van der Waals surface area contributed by atoms with Crippen LogP contribution < -0.4 is 5.73 Å². The van der Waals surface area contributed by atoms with Gasteiger partial charge < -0.3 is 10.3 Å². The highest BCUT2D eigenvalue weighted by Crippen LogP contribution is 2.37. The summed E-state index contributed by atoms with van der Waals surface area (Å²) in [5.74, 6) is 1.04. The minimum absolute atomic E-state index is 0.382. The molecule has 0 saturated carbocycles. The fourth-order valence-electron chi connectivity index (χ4n) is 2.11. The number of pyridine rings is 1. The quantitative estimate of drug-likeness (QED) is 0.770. The number of rotatable bonds is 2. The van der Waals surface area contributed by atoms with Crippen molar-refractivity contribution in [3.05, 3.63) is 52.8 Å². The molecule has 0 amide bonds. The predicted molar refractivity (Wildman–Crippen MR) is 82.0 cm³/mol. The lowest BCUT2D eigenvalue weighted by Crippen LogP contribution is -1.89. The molecule has 5 heteroatoms. The second-order valence-corrected chi connectivity index (χ2v) is 5.38. The first kappa shape index (κ1) is 12.9. The Morgan fingerprint density at radius 1 is 1.15 bits per heavy atom. The monoisotopic (exact) mass is 329 g/mol. The minimum Gasteiger partial charge on any atom is -0.380 e. The lowest BCUT2D eigenvalue weighted by Gasteiger charge is -2.04. The first-order valence-electron chi connectivity index (χ1n) is 6.09. The van der Waals surface area contributed by atoms with E-state index in [4.69, 9.17) is 10.3 Å². The van der Waals surface area contributed by atoms with Crippen LogP contribution in [0.15, 0.2) is 51.6 Å². The molecule has 2 aromatic heterocycles. The smallest absolute Gasteiger partial charge is 0.177 e. The number of nitrogens with two attached hydrogens (primary N) is 1. The third-order valence-corrected chi connectivity index (χ3v) is 3.48. The average molecular weight is 330 g/mol. The highest BCUT2D eigenvalue weighted by Gasteiger charge is 2.17. The summed E-state index contributed by atoms with van der Waals surface area (Å²) in [7, 11) is 0. The topological polar surface area (TPSA) is 64.9 Å². The molecule has 100 valence electrons. The number of hydrogen-bond donors (Lipinski definition) is 1. The Hall–Kier alpha value is -2.14. The summed E-state index contributed by atoms with van der Waals surface area (Å²) >= 11 is 3.46. The van der Waals surface area contributed by atoms with Crippen LogP contribution in [0.25, 0.3) is 22.5 Å². The third-order valence-electron chi connectivity index (χ3n) is 2.99. The van der Waals surface area contributed by atoms with Gasteiger partial charge in [-0.25, -0.2) is 0 Å². The highest BCUT2D eigenvalue weighted by molar-refractivity contribution is 9.10. The fraction of sp³-hybridized carbons (Fsp3) is 0.0667. The molecule has 0 aliphatic rings. The van der Waals surface area contributed by atoms with Gasteiger partial charge in [0.25, 0.3) is 0 Å². The third kappa shape index (κ3) is 2.32. The van der Waals surface area contributed by atoms with Crippen molar-refractivity contribution in [3.8, 4) is 22.5 Å². The molecule has 3 rings (SSSR count). The lowest BCUT2D eigenvalue weighted by molar-refractivity contribution is 0.436. The Balaban J connectivity index is 2.20. The summed E-state index contributed by atoms with van der Waals surface area (Å²) in [6.07, 6.45) is 1.74. The first-order valence-corrected chi connectivity index (χ1v) is 6.88. The minimum atomic E-state index is 0.382. The maximum absolute atomic E-state index is 5.96. The average Bonchev–Trinajstić information content (AvgIpc) is 2.80. The summed E-state index contributed by atoms with van der Waals surface area (Å²) in [5.41, 5.74) is 9.55. The van der Waals surface area contributed by atoms with E-state index in [9.17, 15) is 0 Å². The molecule has 0 unspecified atom stereocenters. The number of nitrogens with zero attached hydrogens (tertiary/aromatic N) is 2. The molecule has 0 aliphatic heterocycles. The van der Waals surface area contributed by atoms with E-state index in [1.165, 1.54) is 0 Å². The molecule has 4 nitrogen and oxygen atoms in total. The van der Waals surface area contributed by atoms with Crippen molar-refractivity contribution in [1.82, 2.24) is 10.1 Å². The Labute approximate surface area is 124 Å². The van der Waals surface area contributed by atoms with E-state index in [0.717, 1.165) is 26.9 Å². The zero-order valence-electron chi connectivity index (χ0n) is 10.8. The number of nitrogen functional groups attached to an aromatic ring is 1. The number of benzene rings is 1. The van der Waals surface area contributed by atoms with Gasteiger partial charge in [-0.05, 0) is 36.8 Å². The standard InChI is InChI=1S/C15H12BrN3O/c1-9-7-11(5-6-18-9)14-13(15(17)19-20-14)10-3-2-4-12(16)8-10/h2-8H,1H3,(H2,17,19). The summed E-state index contributed by atoms with van der Waals surface area (Å²) in [6, 6.07) is 11.7. The van der Waals surface area contributed by atoms with Gasteiger partial charge >= 0.3 is 0 Å². The molecule has 0 aliphatic carbocycles.